The molecule has 6 nitrogen and oxygen atoms in total. The second-order valence-electron chi connectivity index (χ2n) is 12.0. The van der Waals surface area contributed by atoms with E-state index in [1.54, 1.807) is 0 Å². The second kappa shape index (κ2) is 11.6. The van der Waals surface area contributed by atoms with Crippen molar-refractivity contribution in [3.8, 4) is 17.2 Å². The van der Waals surface area contributed by atoms with Gasteiger partial charge in [-0.3, -0.25) is 4.79 Å². The maximum absolute atomic E-state index is 14.5. The van der Waals surface area contributed by atoms with Gasteiger partial charge in [0.2, 0.25) is 0 Å². The molecule has 212 valence electrons. The Morgan fingerprint density at radius 2 is 1.60 bits per heavy atom. The summed E-state index contributed by atoms with van der Waals surface area (Å²) in [5, 5.41) is 10.1. The molecule has 0 saturated carbocycles. The number of carbonyl (C=O) groups is 1. The molecule has 3 aliphatic rings. The number of hydrogen-bond acceptors (Lipinski definition) is 5. The quantitative estimate of drug-likeness (QED) is 0.261. The van der Waals surface area contributed by atoms with E-state index in [2.05, 4.69) is 75.4 Å². The van der Waals surface area contributed by atoms with Gasteiger partial charge in [0.1, 0.15) is 5.82 Å². The van der Waals surface area contributed by atoms with Crippen LogP contribution in [0, 0.1) is 11.3 Å². The number of pyridine rings is 1. The summed E-state index contributed by atoms with van der Waals surface area (Å²) in [7, 11) is 0. The van der Waals surface area contributed by atoms with Crippen LogP contribution >= 0.6 is 0 Å². The van der Waals surface area contributed by atoms with Crippen molar-refractivity contribution in [1.29, 1.82) is 5.26 Å². The molecule has 2 atom stereocenters. The predicted octanol–water partition coefficient (Wildman–Crippen LogP) is 6.82. The van der Waals surface area contributed by atoms with Crippen LogP contribution in [0.4, 0.5) is 5.82 Å². The fourth-order valence-electron chi connectivity index (χ4n) is 7.23. The number of rotatable bonds is 6. The van der Waals surface area contributed by atoms with Crippen LogP contribution in [0.2, 0.25) is 0 Å². The van der Waals surface area contributed by atoms with Crippen LogP contribution in [-0.4, -0.2) is 59.5 Å². The van der Waals surface area contributed by atoms with Crippen LogP contribution in [0.5, 0.6) is 0 Å². The summed E-state index contributed by atoms with van der Waals surface area (Å²) in [6.45, 7) is 4.99. The Hall–Kier alpha value is -4.21. The van der Waals surface area contributed by atoms with Gasteiger partial charge in [0.25, 0.3) is 5.91 Å². The first-order valence-electron chi connectivity index (χ1n) is 15.5. The lowest BCUT2D eigenvalue weighted by Crippen LogP contribution is -2.42. The highest BCUT2D eigenvalue weighted by atomic mass is 16.2. The lowest BCUT2D eigenvalue weighted by atomic mass is 9.99. The highest BCUT2D eigenvalue weighted by Crippen LogP contribution is 2.38. The molecule has 0 spiro atoms. The van der Waals surface area contributed by atoms with E-state index in [0.29, 0.717) is 5.56 Å². The van der Waals surface area contributed by atoms with Crippen molar-refractivity contribution in [1.82, 2.24) is 14.8 Å². The molecule has 42 heavy (non-hydrogen) atoms. The summed E-state index contributed by atoms with van der Waals surface area (Å²) >= 11 is 0. The molecule has 0 aliphatic carbocycles. The number of amides is 1. The zero-order chi connectivity index (χ0) is 28.5. The number of anilines is 1. The van der Waals surface area contributed by atoms with E-state index in [1.165, 1.54) is 18.4 Å². The van der Waals surface area contributed by atoms with Crippen LogP contribution in [0.3, 0.4) is 0 Å². The van der Waals surface area contributed by atoms with E-state index in [1.807, 2.05) is 24.3 Å². The Morgan fingerprint density at radius 1 is 0.833 bits per heavy atom. The van der Waals surface area contributed by atoms with E-state index >= 15 is 0 Å². The van der Waals surface area contributed by atoms with Crippen molar-refractivity contribution in [2.75, 3.05) is 37.6 Å². The van der Waals surface area contributed by atoms with E-state index in [0.717, 1.165) is 91.8 Å². The molecular weight excluding hydrogens is 518 g/mol. The molecule has 4 heterocycles. The van der Waals surface area contributed by atoms with Crippen LogP contribution < -0.4 is 4.90 Å². The number of likely N-dealkylation sites (tertiary alicyclic amines) is 2. The Balaban J connectivity index is 1.30. The SMILES string of the molecule is N#Cc1ccc(-c2ccc3nc(N4CCCC4c4ccccc4)cc(C(=O)N4CCC[C@H]4CN4CCCC4)c3c2)cc1. The Morgan fingerprint density at radius 3 is 2.38 bits per heavy atom. The van der Waals surface area contributed by atoms with Gasteiger partial charge in [-0.25, -0.2) is 4.98 Å². The lowest BCUT2D eigenvalue weighted by Gasteiger charge is -2.30. The van der Waals surface area contributed by atoms with Crippen LogP contribution in [0.15, 0.2) is 78.9 Å². The van der Waals surface area contributed by atoms with Crippen molar-refractivity contribution >= 4 is 22.6 Å². The number of hydrogen-bond donors (Lipinski definition) is 0. The summed E-state index contributed by atoms with van der Waals surface area (Å²) in [5.74, 6) is 1.01. The second-order valence-corrected chi connectivity index (χ2v) is 12.0. The molecule has 3 saturated heterocycles. The summed E-state index contributed by atoms with van der Waals surface area (Å²) in [5.41, 5.74) is 5.58. The maximum Gasteiger partial charge on any atom is 0.254 e. The number of aromatic nitrogens is 1. The van der Waals surface area contributed by atoms with Crippen LogP contribution in [0.1, 0.15) is 66.1 Å². The Bertz CT molecular complexity index is 1620. The highest BCUT2D eigenvalue weighted by Gasteiger charge is 2.34. The molecular formula is C36H37N5O. The normalized spacial score (nSPS) is 20.8. The van der Waals surface area contributed by atoms with Gasteiger partial charge in [-0.05, 0) is 98.6 Å². The van der Waals surface area contributed by atoms with Gasteiger partial charge in [-0.1, -0.05) is 48.5 Å². The van der Waals surface area contributed by atoms with E-state index in [4.69, 9.17) is 4.98 Å². The van der Waals surface area contributed by atoms with Crippen molar-refractivity contribution in [3.63, 3.8) is 0 Å². The molecule has 6 heteroatoms. The number of nitrogens with zero attached hydrogens (tertiary/aromatic N) is 5. The Labute approximate surface area is 248 Å². The van der Waals surface area contributed by atoms with Gasteiger partial charge in [-0.15, -0.1) is 0 Å². The zero-order valence-corrected chi connectivity index (χ0v) is 24.1. The third-order valence-electron chi connectivity index (χ3n) is 9.41. The monoisotopic (exact) mass is 555 g/mol. The summed E-state index contributed by atoms with van der Waals surface area (Å²) < 4.78 is 0. The smallest absolute Gasteiger partial charge is 0.254 e. The standard InChI is InChI=1S/C36H37N5O/c37-24-26-12-14-27(15-13-26)29-16-17-33-31(22-29)32(36(42)40-20-6-10-30(40)25-39-18-4-5-19-39)23-35(38-33)41-21-7-11-34(41)28-8-2-1-3-9-28/h1-3,8-9,12-17,22-23,30,34H,4-7,10-11,18-21,25H2/t30-,34?/m0/s1. The van der Waals surface area contributed by atoms with Gasteiger partial charge in [0, 0.05) is 31.1 Å². The average molecular weight is 556 g/mol. The summed E-state index contributed by atoms with van der Waals surface area (Å²) in [4.78, 5) is 26.8. The first-order chi connectivity index (χ1) is 20.7. The van der Waals surface area contributed by atoms with Crippen LogP contribution in [-0.2, 0) is 0 Å². The summed E-state index contributed by atoms with van der Waals surface area (Å²) in [6.07, 6.45) is 6.82. The summed E-state index contributed by atoms with van der Waals surface area (Å²) in [6, 6.07) is 29.4. The number of nitriles is 1. The molecule has 4 aromatic rings. The molecule has 3 aliphatic heterocycles. The Kier molecular flexibility index (Phi) is 7.36. The first-order valence-corrected chi connectivity index (χ1v) is 15.5. The van der Waals surface area contributed by atoms with E-state index < -0.39 is 0 Å². The molecule has 0 bridgehead atoms. The van der Waals surface area contributed by atoms with Gasteiger partial charge >= 0.3 is 0 Å². The number of carbonyl (C=O) groups excluding carboxylic acids is 1. The third kappa shape index (κ3) is 5.14. The topological polar surface area (TPSA) is 63.5 Å². The van der Waals surface area contributed by atoms with Crippen molar-refractivity contribution in [2.24, 2.45) is 0 Å². The third-order valence-corrected chi connectivity index (χ3v) is 9.41. The first kappa shape index (κ1) is 26.7. The average Bonchev–Trinajstić information content (AvgIpc) is 3.84. The van der Waals surface area contributed by atoms with Gasteiger partial charge in [-0.2, -0.15) is 5.26 Å². The molecule has 7 rings (SSSR count). The van der Waals surface area contributed by atoms with Crippen molar-refractivity contribution in [2.45, 2.75) is 50.6 Å². The minimum absolute atomic E-state index is 0.123. The molecule has 1 unspecified atom stereocenters. The van der Waals surface area contributed by atoms with Gasteiger partial charge in [0.05, 0.1) is 28.8 Å². The highest BCUT2D eigenvalue weighted by molar-refractivity contribution is 6.08. The van der Waals surface area contributed by atoms with Gasteiger partial charge < -0.3 is 14.7 Å². The molecule has 0 N–H and O–H groups in total. The molecule has 1 amide bonds. The molecule has 3 fully saturated rings. The molecule has 3 aromatic carbocycles. The minimum Gasteiger partial charge on any atom is -0.350 e. The minimum atomic E-state index is 0.123. The largest absolute Gasteiger partial charge is 0.350 e. The predicted molar refractivity (Wildman–Crippen MR) is 167 cm³/mol. The number of benzene rings is 3. The van der Waals surface area contributed by atoms with E-state index in [-0.39, 0.29) is 18.0 Å². The zero-order valence-electron chi connectivity index (χ0n) is 24.1. The number of fused-ring (bicyclic) bond motifs is 1. The van der Waals surface area contributed by atoms with Gasteiger partial charge in [0.15, 0.2) is 0 Å². The van der Waals surface area contributed by atoms with Crippen LogP contribution in [0.25, 0.3) is 22.0 Å². The molecule has 1 aromatic heterocycles. The van der Waals surface area contributed by atoms with Crippen molar-refractivity contribution < 1.29 is 4.79 Å². The van der Waals surface area contributed by atoms with E-state index in [9.17, 15) is 10.1 Å². The molecule has 0 radical (unpaired) electrons. The fraction of sp³-hybridized carbons (Fsp3) is 0.361. The maximum atomic E-state index is 14.5. The fourth-order valence-corrected chi connectivity index (χ4v) is 7.23. The van der Waals surface area contributed by atoms with Crippen molar-refractivity contribution in [3.05, 3.63) is 95.6 Å². The lowest BCUT2D eigenvalue weighted by molar-refractivity contribution is 0.0710.